The van der Waals surface area contributed by atoms with Gasteiger partial charge in [0.25, 0.3) is 0 Å². The lowest BCUT2D eigenvalue weighted by Crippen LogP contribution is -2.12. The molecule has 0 N–H and O–H groups in total. The van der Waals surface area contributed by atoms with E-state index in [9.17, 15) is 0 Å². The second-order valence-electron chi connectivity index (χ2n) is 6.94. The van der Waals surface area contributed by atoms with Gasteiger partial charge in [-0.25, -0.2) is 0 Å². The lowest BCUT2D eigenvalue weighted by atomic mass is 9.83. The maximum absolute atomic E-state index is 6.74. The molecule has 0 aromatic heterocycles. The van der Waals surface area contributed by atoms with E-state index in [-0.39, 0.29) is 0 Å². The van der Waals surface area contributed by atoms with Crippen molar-refractivity contribution in [3.8, 4) is 0 Å². The van der Waals surface area contributed by atoms with E-state index in [0.717, 1.165) is 22.7 Å². The molecule has 0 amide bonds. The van der Waals surface area contributed by atoms with Crippen LogP contribution in [0.3, 0.4) is 0 Å². The van der Waals surface area contributed by atoms with Crippen LogP contribution in [0.4, 0.5) is 0 Å². The molecular formula is C22H26ClP. The molecule has 0 aliphatic heterocycles. The summed E-state index contributed by atoms with van der Waals surface area (Å²) in [6.45, 7) is 4.39. The number of allylic oxidation sites excluding steroid dienone is 2. The van der Waals surface area contributed by atoms with Gasteiger partial charge in [0.1, 0.15) is 0 Å². The van der Waals surface area contributed by atoms with Gasteiger partial charge in [-0.3, -0.25) is 0 Å². The van der Waals surface area contributed by atoms with E-state index in [0.29, 0.717) is 5.92 Å². The monoisotopic (exact) mass is 356 g/mol. The highest BCUT2D eigenvalue weighted by Crippen LogP contribution is 2.35. The van der Waals surface area contributed by atoms with E-state index in [1.165, 1.54) is 41.5 Å². The van der Waals surface area contributed by atoms with Crippen molar-refractivity contribution in [3.05, 3.63) is 75.8 Å². The number of aryl methyl sites for hydroxylation is 1. The Morgan fingerprint density at radius 2 is 1.79 bits per heavy atom. The zero-order chi connectivity index (χ0) is 17.1. The van der Waals surface area contributed by atoms with Crippen molar-refractivity contribution in [1.29, 1.82) is 0 Å². The molecule has 2 aromatic rings. The Balaban J connectivity index is 1.82. The largest absolute Gasteiger partial charge is 0.104 e. The van der Waals surface area contributed by atoms with Crippen LogP contribution in [0.1, 0.15) is 54.4 Å². The van der Waals surface area contributed by atoms with Gasteiger partial charge in [0, 0.05) is 5.92 Å². The summed E-state index contributed by atoms with van der Waals surface area (Å²) in [7, 11) is 2.86. The standard InChI is InChI=1S/C22H26ClP/c1-3-16-8-10-18(11-9-16)20-13-12-19(22(24)21(20)23)14-17-6-4-15(2)5-7-17/h4-8,10,12-13,16,18H,3,9,11,14,24H2,1-2H3. The summed E-state index contributed by atoms with van der Waals surface area (Å²) in [4.78, 5) is 0. The van der Waals surface area contributed by atoms with Crippen molar-refractivity contribution >= 4 is 26.1 Å². The molecule has 3 rings (SSSR count). The fourth-order valence-electron chi connectivity index (χ4n) is 3.49. The van der Waals surface area contributed by atoms with Crippen LogP contribution in [0.25, 0.3) is 0 Å². The molecular weight excluding hydrogens is 331 g/mol. The molecule has 24 heavy (non-hydrogen) atoms. The number of halogens is 1. The quantitative estimate of drug-likeness (QED) is 0.452. The Bertz CT molecular complexity index is 730. The summed E-state index contributed by atoms with van der Waals surface area (Å²) in [6, 6.07) is 13.2. The lowest BCUT2D eigenvalue weighted by molar-refractivity contribution is 0.499. The molecule has 126 valence electrons. The Morgan fingerprint density at radius 1 is 1.04 bits per heavy atom. The molecule has 2 aromatic carbocycles. The molecule has 0 radical (unpaired) electrons. The van der Waals surface area contributed by atoms with E-state index >= 15 is 0 Å². The first kappa shape index (κ1) is 17.7. The van der Waals surface area contributed by atoms with Gasteiger partial charge in [0.2, 0.25) is 0 Å². The fraction of sp³-hybridized carbons (Fsp3) is 0.364. The second kappa shape index (κ2) is 7.85. The van der Waals surface area contributed by atoms with Crippen LogP contribution in [0.2, 0.25) is 5.02 Å². The van der Waals surface area contributed by atoms with Crippen LogP contribution in [-0.4, -0.2) is 0 Å². The predicted octanol–water partition coefficient (Wildman–Crippen LogP) is 6.20. The van der Waals surface area contributed by atoms with E-state index < -0.39 is 0 Å². The summed E-state index contributed by atoms with van der Waals surface area (Å²) in [5, 5.41) is 2.08. The normalized spacial score (nSPS) is 20.3. The van der Waals surface area contributed by atoms with Crippen LogP contribution in [-0.2, 0) is 6.42 Å². The van der Waals surface area contributed by atoms with E-state index in [2.05, 4.69) is 71.6 Å². The molecule has 0 fully saturated rings. The van der Waals surface area contributed by atoms with Crippen LogP contribution in [0.15, 0.2) is 48.6 Å². The van der Waals surface area contributed by atoms with Gasteiger partial charge in [-0.2, -0.15) is 0 Å². The average Bonchev–Trinajstić information content (AvgIpc) is 2.61. The van der Waals surface area contributed by atoms with Crippen molar-refractivity contribution in [2.24, 2.45) is 5.92 Å². The van der Waals surface area contributed by atoms with Gasteiger partial charge in [-0.05, 0) is 60.5 Å². The van der Waals surface area contributed by atoms with Gasteiger partial charge >= 0.3 is 0 Å². The highest BCUT2D eigenvalue weighted by molar-refractivity contribution is 7.28. The molecule has 0 spiro atoms. The lowest BCUT2D eigenvalue weighted by Gasteiger charge is -2.24. The Kier molecular flexibility index (Phi) is 5.80. The average molecular weight is 357 g/mol. The molecule has 1 aliphatic carbocycles. The maximum atomic E-state index is 6.74. The molecule has 0 nitrogen and oxygen atoms in total. The molecule has 1 aliphatic rings. The van der Waals surface area contributed by atoms with Crippen LogP contribution >= 0.6 is 20.8 Å². The number of hydrogen-bond acceptors (Lipinski definition) is 0. The van der Waals surface area contributed by atoms with Gasteiger partial charge in [0.15, 0.2) is 0 Å². The third-order valence-corrected chi connectivity index (χ3v) is 6.47. The molecule has 0 bridgehead atoms. The third kappa shape index (κ3) is 3.93. The van der Waals surface area contributed by atoms with Crippen LogP contribution in [0, 0.1) is 12.8 Å². The van der Waals surface area contributed by atoms with Gasteiger partial charge in [0.05, 0.1) is 5.02 Å². The summed E-state index contributed by atoms with van der Waals surface area (Å²) >= 11 is 6.74. The van der Waals surface area contributed by atoms with Gasteiger partial charge in [-0.1, -0.05) is 72.6 Å². The highest BCUT2D eigenvalue weighted by Gasteiger charge is 2.20. The third-order valence-electron chi connectivity index (χ3n) is 5.20. The summed E-state index contributed by atoms with van der Waals surface area (Å²) in [5.41, 5.74) is 5.20. The van der Waals surface area contributed by atoms with Crippen molar-refractivity contribution < 1.29 is 0 Å². The van der Waals surface area contributed by atoms with Crippen molar-refractivity contribution in [2.45, 2.75) is 45.4 Å². The SMILES string of the molecule is CCC1C=CC(c2ccc(Cc3ccc(C)cc3)c(P)c2Cl)CC1. The van der Waals surface area contributed by atoms with Crippen LogP contribution in [0.5, 0.6) is 0 Å². The number of rotatable bonds is 4. The number of hydrogen-bond donors (Lipinski definition) is 0. The van der Waals surface area contributed by atoms with E-state index in [4.69, 9.17) is 11.6 Å². The molecule has 3 atom stereocenters. The minimum absolute atomic E-state index is 0.466. The predicted molar refractivity (Wildman–Crippen MR) is 110 cm³/mol. The summed E-state index contributed by atoms with van der Waals surface area (Å²) in [5.74, 6) is 1.21. The maximum Gasteiger partial charge on any atom is 0.0518 e. The zero-order valence-corrected chi connectivity index (χ0v) is 16.5. The first-order valence-corrected chi connectivity index (χ1v) is 9.84. The van der Waals surface area contributed by atoms with E-state index in [1.54, 1.807) is 0 Å². The van der Waals surface area contributed by atoms with Crippen molar-refractivity contribution in [1.82, 2.24) is 0 Å². The number of benzene rings is 2. The summed E-state index contributed by atoms with van der Waals surface area (Å²) in [6.07, 6.45) is 9.39. The topological polar surface area (TPSA) is 0 Å². The smallest absolute Gasteiger partial charge is 0.0518 e. The minimum Gasteiger partial charge on any atom is -0.104 e. The Morgan fingerprint density at radius 3 is 2.42 bits per heavy atom. The first-order chi connectivity index (χ1) is 11.6. The zero-order valence-electron chi connectivity index (χ0n) is 14.6. The van der Waals surface area contributed by atoms with E-state index in [1.807, 2.05) is 0 Å². The highest BCUT2D eigenvalue weighted by atomic mass is 35.5. The molecule has 2 heteroatoms. The molecule has 0 heterocycles. The molecule has 0 saturated heterocycles. The van der Waals surface area contributed by atoms with Crippen molar-refractivity contribution in [3.63, 3.8) is 0 Å². The molecule has 3 unspecified atom stereocenters. The minimum atomic E-state index is 0.466. The molecule has 0 saturated carbocycles. The summed E-state index contributed by atoms with van der Waals surface area (Å²) < 4.78 is 0. The van der Waals surface area contributed by atoms with Crippen molar-refractivity contribution in [2.75, 3.05) is 0 Å². The first-order valence-electron chi connectivity index (χ1n) is 8.89. The fourth-order valence-corrected chi connectivity index (χ4v) is 4.18. The Labute approximate surface area is 153 Å². The van der Waals surface area contributed by atoms with Gasteiger partial charge in [-0.15, -0.1) is 9.24 Å². The Hall–Kier alpha value is -1.10. The van der Waals surface area contributed by atoms with Crippen LogP contribution < -0.4 is 5.30 Å². The van der Waals surface area contributed by atoms with Gasteiger partial charge < -0.3 is 0 Å². The second-order valence-corrected chi connectivity index (χ2v) is 7.90.